The third-order valence-corrected chi connectivity index (χ3v) is 9.02. The lowest BCUT2D eigenvalue weighted by molar-refractivity contribution is 0.330. The molecule has 5 N–H and O–H groups in total. The first-order chi connectivity index (χ1) is 27.6. The van der Waals surface area contributed by atoms with E-state index >= 15 is 0 Å². The minimum absolute atomic E-state index is 0.183. The van der Waals surface area contributed by atoms with Crippen molar-refractivity contribution < 1.29 is 25.5 Å². The molecule has 0 radical (unpaired) electrons. The molecular formula is C51H59NO5. The Morgan fingerprint density at radius 1 is 0.649 bits per heavy atom. The number of benzene rings is 4. The molecule has 0 aromatic heterocycles. The molecule has 0 spiro atoms. The molecule has 0 atom stereocenters. The molecule has 1 aliphatic carbocycles. The summed E-state index contributed by atoms with van der Waals surface area (Å²) in [7, 11) is 0. The number of phenolic OH excluding ortho intramolecular Hbond substituents is 5. The zero-order valence-electron chi connectivity index (χ0n) is 34.6. The molecule has 6 nitrogen and oxygen atoms in total. The smallest absolute Gasteiger partial charge is 0.208 e. The van der Waals surface area contributed by atoms with E-state index in [9.17, 15) is 25.5 Å². The first-order valence-corrected chi connectivity index (χ1v) is 19.2. The summed E-state index contributed by atoms with van der Waals surface area (Å²) < 4.78 is 0. The molecule has 0 saturated heterocycles. The van der Waals surface area contributed by atoms with Gasteiger partial charge in [0.2, 0.25) is 17.2 Å². The molecule has 298 valence electrons. The van der Waals surface area contributed by atoms with Crippen molar-refractivity contribution >= 4 is 11.8 Å². The summed E-state index contributed by atoms with van der Waals surface area (Å²) in [6.07, 6.45) is 19.9. The Morgan fingerprint density at radius 2 is 1.16 bits per heavy atom. The summed E-state index contributed by atoms with van der Waals surface area (Å²) in [6, 6.07) is 19.6. The predicted octanol–water partition coefficient (Wildman–Crippen LogP) is 14.1. The monoisotopic (exact) mass is 765 g/mol. The van der Waals surface area contributed by atoms with Gasteiger partial charge in [0.25, 0.3) is 0 Å². The molecule has 4 aromatic rings. The fourth-order valence-corrected chi connectivity index (χ4v) is 6.31. The molecule has 0 amide bonds. The number of hydrogen-bond donors (Lipinski definition) is 5. The molecule has 0 saturated carbocycles. The van der Waals surface area contributed by atoms with Gasteiger partial charge in [0.15, 0.2) is 11.5 Å². The highest BCUT2D eigenvalue weighted by Gasteiger charge is 2.25. The number of anilines is 1. The van der Waals surface area contributed by atoms with E-state index < -0.39 is 28.7 Å². The van der Waals surface area contributed by atoms with Crippen LogP contribution in [-0.2, 0) is 6.42 Å². The van der Waals surface area contributed by atoms with Crippen LogP contribution in [0.2, 0.25) is 0 Å². The highest BCUT2D eigenvalue weighted by Crippen LogP contribution is 2.54. The van der Waals surface area contributed by atoms with Crippen LogP contribution < -0.4 is 4.90 Å². The summed E-state index contributed by atoms with van der Waals surface area (Å²) >= 11 is 0. The van der Waals surface area contributed by atoms with Gasteiger partial charge < -0.3 is 30.4 Å². The van der Waals surface area contributed by atoms with Gasteiger partial charge in [0, 0.05) is 17.0 Å². The summed E-state index contributed by atoms with van der Waals surface area (Å²) in [5.41, 5.74) is 11.8. The molecular weight excluding hydrogens is 707 g/mol. The topological polar surface area (TPSA) is 104 Å². The standard InChI is InChI=1S/C45H43NO5.2C2H6.C2H4/c1-7-11-14-34(9-3)46(35(10-4)27-29(8-2)28(5)6)39-26-25-36(37-15-12-13-16-38(37)39)32-21-17-30(18-22-32)31-19-23-33(24-20-31)40-41(47)43(49)45(51)44(50)42(40)48;3*1-2/h7-11,13-14,16-27,47-51H,1-2,4,12,15H2,3,5-6H3;2*1-2H3;1-2H2/b14-11-,34-9+,35-27+;;;. The minimum atomic E-state index is -0.988. The number of allylic oxidation sites excluding steroid dienone is 10. The van der Waals surface area contributed by atoms with Crippen LogP contribution in [0, 0.1) is 0 Å². The van der Waals surface area contributed by atoms with Gasteiger partial charge in [0.1, 0.15) is 0 Å². The van der Waals surface area contributed by atoms with Gasteiger partial charge in [0.05, 0.1) is 11.3 Å². The number of fused-ring (bicyclic) bond motifs is 1. The number of hydrogen-bond acceptors (Lipinski definition) is 6. The van der Waals surface area contributed by atoms with Crippen molar-refractivity contribution in [2.75, 3.05) is 4.90 Å². The fourth-order valence-electron chi connectivity index (χ4n) is 6.31. The van der Waals surface area contributed by atoms with E-state index in [1.54, 1.807) is 18.2 Å². The van der Waals surface area contributed by atoms with Gasteiger partial charge in [-0.2, -0.15) is 0 Å². The number of phenols is 5. The molecule has 0 unspecified atom stereocenters. The lowest BCUT2D eigenvalue weighted by Gasteiger charge is -2.31. The lowest BCUT2D eigenvalue weighted by atomic mass is 9.87. The lowest BCUT2D eigenvalue weighted by Crippen LogP contribution is -2.22. The molecule has 0 fully saturated rings. The van der Waals surface area contributed by atoms with Gasteiger partial charge in [-0.3, -0.25) is 0 Å². The van der Waals surface area contributed by atoms with Crippen LogP contribution in [0.5, 0.6) is 28.7 Å². The molecule has 1 aliphatic rings. The van der Waals surface area contributed by atoms with Gasteiger partial charge in [-0.25, -0.2) is 0 Å². The van der Waals surface area contributed by atoms with E-state index in [1.165, 1.54) is 5.56 Å². The second kappa shape index (κ2) is 22.7. The maximum absolute atomic E-state index is 10.4. The zero-order valence-corrected chi connectivity index (χ0v) is 34.6. The summed E-state index contributed by atoms with van der Waals surface area (Å²) in [4.78, 5) is 2.23. The number of nitrogens with zero attached hydrogens (tertiary/aromatic N) is 1. The van der Waals surface area contributed by atoms with Crippen molar-refractivity contribution in [3.05, 3.63) is 176 Å². The highest BCUT2D eigenvalue weighted by atomic mass is 16.4. The van der Waals surface area contributed by atoms with Crippen LogP contribution in [0.25, 0.3) is 39.5 Å². The average Bonchev–Trinajstić information content (AvgIpc) is 3.26. The molecule has 0 aliphatic heterocycles. The van der Waals surface area contributed by atoms with Gasteiger partial charge >= 0.3 is 0 Å². The van der Waals surface area contributed by atoms with Crippen LogP contribution in [0.15, 0.2) is 165 Å². The van der Waals surface area contributed by atoms with Crippen molar-refractivity contribution in [2.24, 2.45) is 0 Å². The van der Waals surface area contributed by atoms with Crippen molar-refractivity contribution in [3.63, 3.8) is 0 Å². The first-order valence-electron chi connectivity index (χ1n) is 19.2. The maximum atomic E-state index is 10.4. The Labute approximate surface area is 340 Å². The summed E-state index contributed by atoms with van der Waals surface area (Å²) in [5.74, 6) is -4.26. The van der Waals surface area contributed by atoms with Gasteiger partial charge in [-0.15, -0.1) is 13.2 Å². The summed E-state index contributed by atoms with van der Waals surface area (Å²) in [6.45, 7) is 32.3. The van der Waals surface area contributed by atoms with E-state index in [2.05, 4.69) is 112 Å². The largest absolute Gasteiger partial charge is 0.504 e. The second-order valence-electron chi connectivity index (χ2n) is 12.3. The van der Waals surface area contributed by atoms with E-state index in [1.807, 2.05) is 71.1 Å². The van der Waals surface area contributed by atoms with Crippen LogP contribution in [0.1, 0.15) is 66.0 Å². The zero-order chi connectivity index (χ0) is 42.8. The molecule has 0 heterocycles. The second-order valence-corrected chi connectivity index (χ2v) is 12.3. The van der Waals surface area contributed by atoms with Crippen molar-refractivity contribution in [2.45, 2.75) is 61.3 Å². The van der Waals surface area contributed by atoms with E-state index in [4.69, 9.17) is 0 Å². The van der Waals surface area contributed by atoms with E-state index in [0.29, 0.717) is 5.56 Å². The first kappa shape index (κ1) is 46.5. The van der Waals surface area contributed by atoms with E-state index in [-0.39, 0.29) is 5.56 Å². The predicted molar refractivity (Wildman–Crippen MR) is 245 cm³/mol. The molecule has 6 heteroatoms. The normalized spacial score (nSPS) is 11.7. The third kappa shape index (κ3) is 10.4. The van der Waals surface area contributed by atoms with Crippen LogP contribution in [-0.4, -0.2) is 25.5 Å². The number of rotatable bonds is 11. The Morgan fingerprint density at radius 3 is 1.63 bits per heavy atom. The quantitative estimate of drug-likeness (QED) is 0.0451. The van der Waals surface area contributed by atoms with Crippen molar-refractivity contribution in [1.29, 1.82) is 0 Å². The summed E-state index contributed by atoms with van der Waals surface area (Å²) in [5, 5.41) is 50.4. The van der Waals surface area contributed by atoms with E-state index in [0.717, 1.165) is 68.9 Å². The third-order valence-electron chi connectivity index (χ3n) is 9.02. The van der Waals surface area contributed by atoms with Crippen molar-refractivity contribution in [1.82, 2.24) is 0 Å². The SMILES string of the molecule is C=C.C=C/C=C\C(=C/C)N(/C(C=C)=C/C(C=C)=C(C)C)c1ccc(-c2ccc(-c3ccc(-c4c(O)c(O)c(O)c(O)c4O)cc3)cc2)c2c1C=CCC2.CC.CC. The molecule has 5 rings (SSSR count). The molecule has 57 heavy (non-hydrogen) atoms. The number of aromatic hydroxyl groups is 5. The van der Waals surface area contributed by atoms with Gasteiger partial charge in [-0.1, -0.05) is 144 Å². The molecule has 0 bridgehead atoms. The van der Waals surface area contributed by atoms with Crippen LogP contribution in [0.4, 0.5) is 5.69 Å². The van der Waals surface area contributed by atoms with Crippen LogP contribution in [0.3, 0.4) is 0 Å². The fraction of sp³-hybridized carbons (Fsp3) is 0.176. The van der Waals surface area contributed by atoms with Crippen molar-refractivity contribution in [3.8, 4) is 62.1 Å². The average molecular weight is 766 g/mol. The Kier molecular flexibility index (Phi) is 18.5. The Hall–Kier alpha value is -6.66. The van der Waals surface area contributed by atoms with Gasteiger partial charge in [-0.05, 0) is 96.9 Å². The Bertz CT molecular complexity index is 2150. The maximum Gasteiger partial charge on any atom is 0.208 e. The molecule has 4 aromatic carbocycles. The Balaban J connectivity index is 0.00000178. The highest BCUT2D eigenvalue weighted by molar-refractivity contribution is 5.87. The van der Waals surface area contributed by atoms with Crippen LogP contribution >= 0.6 is 0 Å². The minimum Gasteiger partial charge on any atom is -0.504 e.